The summed E-state index contributed by atoms with van der Waals surface area (Å²) in [6.07, 6.45) is 5.05. The molecule has 7 heteroatoms. The molecule has 3 rings (SSSR count). The van der Waals surface area contributed by atoms with Crippen LogP contribution in [0.2, 0.25) is 0 Å². The molecule has 106 valence electrons. The number of pyridine rings is 1. The quantitative estimate of drug-likeness (QED) is 0.587. The molecular weight excluding hydrogens is 270 g/mol. The van der Waals surface area contributed by atoms with Gasteiger partial charge in [-0.1, -0.05) is 0 Å². The Bertz CT molecular complexity index is 812. The van der Waals surface area contributed by atoms with Crippen LogP contribution in [0, 0.1) is 10.1 Å². The minimum Gasteiger partial charge on any atom is -0.379 e. The molecular formula is C14H13N5O2. The summed E-state index contributed by atoms with van der Waals surface area (Å²) in [7, 11) is 1.86. The van der Waals surface area contributed by atoms with Gasteiger partial charge in [0.15, 0.2) is 0 Å². The van der Waals surface area contributed by atoms with Crippen molar-refractivity contribution in [3.05, 3.63) is 58.7 Å². The second kappa shape index (κ2) is 5.20. The van der Waals surface area contributed by atoms with E-state index in [1.165, 1.54) is 6.07 Å². The highest BCUT2D eigenvalue weighted by atomic mass is 16.6. The monoisotopic (exact) mass is 283 g/mol. The number of anilines is 1. The molecule has 0 radical (unpaired) electrons. The number of nitro benzene ring substituents is 1. The molecule has 0 unspecified atom stereocenters. The van der Waals surface area contributed by atoms with Gasteiger partial charge in [0.1, 0.15) is 0 Å². The van der Waals surface area contributed by atoms with Gasteiger partial charge in [0.05, 0.1) is 22.5 Å². The molecule has 0 aliphatic heterocycles. The Kier molecular flexibility index (Phi) is 3.23. The van der Waals surface area contributed by atoms with Crippen LogP contribution in [-0.4, -0.2) is 19.7 Å². The van der Waals surface area contributed by atoms with Crippen LogP contribution in [0.15, 0.2) is 42.9 Å². The second-order valence-electron chi connectivity index (χ2n) is 4.64. The molecule has 3 aromatic rings. The molecule has 1 aromatic carbocycles. The number of nitrogens with one attached hydrogen (secondary N) is 1. The summed E-state index contributed by atoms with van der Waals surface area (Å²) in [5.74, 6) is 0. The maximum Gasteiger partial charge on any atom is 0.277 e. The average molecular weight is 283 g/mol. The van der Waals surface area contributed by atoms with Crippen molar-refractivity contribution in [2.24, 2.45) is 7.05 Å². The summed E-state index contributed by atoms with van der Waals surface area (Å²) < 4.78 is 1.73. The van der Waals surface area contributed by atoms with E-state index < -0.39 is 0 Å². The van der Waals surface area contributed by atoms with Crippen LogP contribution in [0.1, 0.15) is 5.69 Å². The Morgan fingerprint density at radius 2 is 2.14 bits per heavy atom. The van der Waals surface area contributed by atoms with Gasteiger partial charge in [0.25, 0.3) is 5.69 Å². The van der Waals surface area contributed by atoms with Crippen molar-refractivity contribution in [1.29, 1.82) is 0 Å². The number of aromatic nitrogens is 3. The van der Waals surface area contributed by atoms with E-state index in [1.807, 2.05) is 19.3 Å². The van der Waals surface area contributed by atoms with Gasteiger partial charge in [-0.2, -0.15) is 5.10 Å². The van der Waals surface area contributed by atoms with Gasteiger partial charge >= 0.3 is 0 Å². The SMILES string of the molecule is Cn1ccc(CNc2ccc([N+](=O)[O-])c3ccncc23)n1. The van der Waals surface area contributed by atoms with Crippen molar-refractivity contribution in [1.82, 2.24) is 14.8 Å². The van der Waals surface area contributed by atoms with Crippen LogP contribution in [-0.2, 0) is 13.6 Å². The number of rotatable bonds is 4. The van der Waals surface area contributed by atoms with E-state index in [9.17, 15) is 10.1 Å². The fraction of sp³-hybridized carbons (Fsp3) is 0.143. The van der Waals surface area contributed by atoms with E-state index in [0.29, 0.717) is 11.9 Å². The summed E-state index contributed by atoms with van der Waals surface area (Å²) in [5.41, 5.74) is 1.78. The molecule has 0 atom stereocenters. The smallest absolute Gasteiger partial charge is 0.277 e. The Balaban J connectivity index is 1.96. The minimum absolute atomic E-state index is 0.0794. The lowest BCUT2D eigenvalue weighted by molar-refractivity contribution is -0.383. The number of nitro groups is 1. The summed E-state index contributed by atoms with van der Waals surface area (Å²) in [4.78, 5) is 14.7. The molecule has 0 aliphatic rings. The van der Waals surface area contributed by atoms with Gasteiger partial charge in [-0.25, -0.2) is 0 Å². The maximum atomic E-state index is 11.1. The Morgan fingerprint density at radius 1 is 1.29 bits per heavy atom. The third-order valence-corrected chi connectivity index (χ3v) is 3.22. The van der Waals surface area contributed by atoms with Crippen molar-refractivity contribution >= 4 is 22.1 Å². The molecule has 0 aliphatic carbocycles. The molecule has 7 nitrogen and oxygen atoms in total. The van der Waals surface area contributed by atoms with E-state index in [-0.39, 0.29) is 10.6 Å². The van der Waals surface area contributed by atoms with Crippen molar-refractivity contribution in [3.8, 4) is 0 Å². The molecule has 2 heterocycles. The number of non-ortho nitro benzene ring substituents is 1. The molecule has 0 spiro atoms. The number of hydrogen-bond donors (Lipinski definition) is 1. The van der Waals surface area contributed by atoms with Crippen molar-refractivity contribution in [3.63, 3.8) is 0 Å². The average Bonchev–Trinajstić information content (AvgIpc) is 2.90. The molecule has 0 saturated heterocycles. The Hall–Kier alpha value is -2.96. The van der Waals surface area contributed by atoms with Crippen LogP contribution in [0.5, 0.6) is 0 Å². The molecule has 0 bridgehead atoms. The predicted octanol–water partition coefficient (Wildman–Crippen LogP) is 2.49. The largest absolute Gasteiger partial charge is 0.379 e. The first-order chi connectivity index (χ1) is 10.1. The lowest BCUT2D eigenvalue weighted by Crippen LogP contribution is -2.02. The lowest BCUT2D eigenvalue weighted by Gasteiger charge is -2.08. The van der Waals surface area contributed by atoms with E-state index in [1.54, 1.807) is 29.2 Å². The van der Waals surface area contributed by atoms with E-state index in [0.717, 1.165) is 16.8 Å². The predicted molar refractivity (Wildman–Crippen MR) is 78.9 cm³/mol. The highest BCUT2D eigenvalue weighted by molar-refractivity contribution is 5.99. The third-order valence-electron chi connectivity index (χ3n) is 3.22. The molecule has 0 amide bonds. The lowest BCUT2D eigenvalue weighted by atomic mass is 10.1. The zero-order valence-corrected chi connectivity index (χ0v) is 11.4. The third kappa shape index (κ3) is 2.53. The molecule has 2 aromatic heterocycles. The Labute approximate surface area is 120 Å². The Morgan fingerprint density at radius 3 is 2.86 bits per heavy atom. The van der Waals surface area contributed by atoms with Crippen LogP contribution < -0.4 is 5.32 Å². The number of benzene rings is 1. The van der Waals surface area contributed by atoms with Gasteiger partial charge in [-0.15, -0.1) is 0 Å². The van der Waals surface area contributed by atoms with E-state index >= 15 is 0 Å². The minimum atomic E-state index is -0.384. The van der Waals surface area contributed by atoms with Gasteiger partial charge in [0.2, 0.25) is 0 Å². The van der Waals surface area contributed by atoms with Crippen LogP contribution in [0.25, 0.3) is 10.8 Å². The first kappa shape index (κ1) is 13.0. The second-order valence-corrected chi connectivity index (χ2v) is 4.64. The summed E-state index contributed by atoms with van der Waals surface area (Å²) in [5, 5.41) is 19.9. The summed E-state index contributed by atoms with van der Waals surface area (Å²) in [6.45, 7) is 0.544. The molecule has 1 N–H and O–H groups in total. The van der Waals surface area contributed by atoms with Crippen molar-refractivity contribution in [2.45, 2.75) is 6.54 Å². The maximum absolute atomic E-state index is 11.1. The van der Waals surface area contributed by atoms with Crippen LogP contribution in [0.4, 0.5) is 11.4 Å². The van der Waals surface area contributed by atoms with Gasteiger partial charge in [0, 0.05) is 42.8 Å². The summed E-state index contributed by atoms with van der Waals surface area (Å²) in [6, 6.07) is 6.77. The number of hydrogen-bond acceptors (Lipinski definition) is 5. The fourth-order valence-corrected chi connectivity index (χ4v) is 2.23. The first-order valence-corrected chi connectivity index (χ1v) is 6.38. The summed E-state index contributed by atoms with van der Waals surface area (Å²) >= 11 is 0. The van der Waals surface area contributed by atoms with Gasteiger partial charge in [-0.05, 0) is 18.2 Å². The molecule has 21 heavy (non-hydrogen) atoms. The number of fused-ring (bicyclic) bond motifs is 1. The van der Waals surface area contributed by atoms with Crippen LogP contribution in [0.3, 0.4) is 0 Å². The van der Waals surface area contributed by atoms with E-state index in [2.05, 4.69) is 15.4 Å². The topological polar surface area (TPSA) is 85.9 Å². The molecule has 0 fully saturated rings. The number of aryl methyl sites for hydroxylation is 1. The zero-order valence-electron chi connectivity index (χ0n) is 11.4. The van der Waals surface area contributed by atoms with Crippen molar-refractivity contribution in [2.75, 3.05) is 5.32 Å². The van der Waals surface area contributed by atoms with Gasteiger partial charge < -0.3 is 5.32 Å². The normalized spacial score (nSPS) is 10.7. The highest BCUT2D eigenvalue weighted by Gasteiger charge is 2.14. The number of nitrogens with zero attached hydrogens (tertiary/aromatic N) is 4. The van der Waals surface area contributed by atoms with Crippen molar-refractivity contribution < 1.29 is 4.92 Å². The molecule has 0 saturated carbocycles. The zero-order chi connectivity index (χ0) is 14.8. The van der Waals surface area contributed by atoms with Crippen LogP contribution >= 0.6 is 0 Å². The fourth-order valence-electron chi connectivity index (χ4n) is 2.23. The highest BCUT2D eigenvalue weighted by Crippen LogP contribution is 2.30. The van der Waals surface area contributed by atoms with Gasteiger partial charge in [-0.3, -0.25) is 19.8 Å². The first-order valence-electron chi connectivity index (χ1n) is 6.38. The standard InChI is InChI=1S/C14H13N5O2/c1-18-7-5-10(17-18)8-16-13-2-3-14(19(20)21)11-4-6-15-9-12(11)13/h2-7,9,16H,8H2,1H3. The van der Waals surface area contributed by atoms with E-state index in [4.69, 9.17) is 0 Å².